The summed E-state index contributed by atoms with van der Waals surface area (Å²) in [5.74, 6) is -3.74. The molecule has 0 bridgehead atoms. The van der Waals surface area contributed by atoms with E-state index in [1.807, 2.05) is 78.9 Å². The Bertz CT molecular complexity index is 1610. The van der Waals surface area contributed by atoms with E-state index < -0.39 is 36.1 Å². The number of carbonyl (C=O) groups excluding carboxylic acids is 2. The molecule has 0 spiro atoms. The van der Waals surface area contributed by atoms with Crippen LogP contribution in [0.5, 0.6) is 0 Å². The zero-order chi connectivity index (χ0) is 34.9. The summed E-state index contributed by atoms with van der Waals surface area (Å²) in [6.07, 6.45) is -2.03. The average Bonchev–Trinajstić information content (AvgIpc) is 3.07. The minimum atomic E-state index is -5.08. The number of aromatic nitrogens is 1. The quantitative estimate of drug-likeness (QED) is 0.100. The predicted molar refractivity (Wildman–Crippen MR) is 173 cm³/mol. The van der Waals surface area contributed by atoms with Gasteiger partial charge in [-0.15, -0.1) is 0 Å². The maximum absolute atomic E-state index is 13.5. The van der Waals surface area contributed by atoms with Gasteiger partial charge in [-0.05, 0) is 47.2 Å². The lowest BCUT2D eigenvalue weighted by molar-refractivity contribution is -0.192. The molecule has 4 aromatic rings. The molecule has 0 saturated carbocycles. The predicted octanol–water partition coefficient (Wildman–Crippen LogP) is 6.15. The molecule has 0 aliphatic heterocycles. The third-order valence-corrected chi connectivity index (χ3v) is 6.86. The van der Waals surface area contributed by atoms with Crippen molar-refractivity contribution >= 4 is 29.6 Å². The molecule has 252 valence electrons. The molecule has 0 radical (unpaired) electrons. The summed E-state index contributed by atoms with van der Waals surface area (Å²) in [5, 5.41) is 25.6. The van der Waals surface area contributed by atoms with Crippen molar-refractivity contribution in [3.05, 3.63) is 120 Å². The minimum absolute atomic E-state index is 0.250. The first-order chi connectivity index (χ1) is 22.9. The van der Waals surface area contributed by atoms with E-state index in [1.54, 1.807) is 30.5 Å². The molecule has 1 aromatic heterocycles. The normalized spacial score (nSPS) is 12.0. The highest BCUT2D eigenvalue weighted by Crippen LogP contribution is 2.25. The van der Waals surface area contributed by atoms with Gasteiger partial charge in [0, 0.05) is 19.2 Å². The van der Waals surface area contributed by atoms with Crippen LogP contribution < -0.4 is 16.0 Å². The molecule has 1 unspecified atom stereocenters. The zero-order valence-electron chi connectivity index (χ0n) is 25.7. The highest BCUT2D eigenvalue weighted by atomic mass is 19.4. The van der Waals surface area contributed by atoms with Gasteiger partial charge in [-0.1, -0.05) is 91.0 Å². The number of amides is 2. The maximum Gasteiger partial charge on any atom is 0.490 e. The summed E-state index contributed by atoms with van der Waals surface area (Å²) in [4.78, 5) is 51.2. The molecular formula is C35H35F3N4O6. The van der Waals surface area contributed by atoms with Crippen LogP contribution in [0.4, 0.5) is 19.0 Å². The smallest absolute Gasteiger partial charge is 0.481 e. The molecule has 0 aliphatic rings. The monoisotopic (exact) mass is 664 g/mol. The fourth-order valence-electron chi connectivity index (χ4n) is 4.49. The van der Waals surface area contributed by atoms with E-state index >= 15 is 0 Å². The number of unbranched alkanes of at least 4 members (excludes halogenated alkanes) is 1. The Balaban J connectivity index is 0.000000804. The van der Waals surface area contributed by atoms with Crippen LogP contribution in [0.15, 0.2) is 109 Å². The number of carbonyl (C=O) groups is 4. The van der Waals surface area contributed by atoms with Crippen molar-refractivity contribution < 1.29 is 42.6 Å². The molecule has 0 fully saturated rings. The first-order valence-electron chi connectivity index (χ1n) is 14.9. The Labute approximate surface area is 275 Å². The molecule has 2 atom stereocenters. The van der Waals surface area contributed by atoms with Crippen LogP contribution in [0.1, 0.15) is 48.9 Å². The average molecular weight is 665 g/mol. The van der Waals surface area contributed by atoms with Crippen molar-refractivity contribution in [3.8, 4) is 11.1 Å². The van der Waals surface area contributed by atoms with Crippen LogP contribution in [0.25, 0.3) is 11.1 Å². The van der Waals surface area contributed by atoms with Crippen LogP contribution in [-0.2, 0) is 19.2 Å². The molecule has 4 rings (SSSR count). The number of hydrogen-bond donors (Lipinski definition) is 5. The van der Waals surface area contributed by atoms with Crippen molar-refractivity contribution in [2.75, 3.05) is 11.9 Å². The van der Waals surface area contributed by atoms with E-state index in [0.29, 0.717) is 24.1 Å². The Hall–Kier alpha value is -5.72. The van der Waals surface area contributed by atoms with E-state index in [-0.39, 0.29) is 18.7 Å². The van der Waals surface area contributed by atoms with Gasteiger partial charge in [-0.25, -0.2) is 9.78 Å². The molecule has 13 heteroatoms. The standard InChI is InChI=1S/C33H34N4O4.C2HF3O2/c38-30(16-8-10-22-35-29-15-7-9-21-34-29)37-32(27-13-5-2-6-14-27)33(41)36-28(23-31(39)40)26-19-17-25(18-20-26)24-11-3-1-4-12-24;3-2(4,5)1(6)7/h1-7,9,11-15,17-21,28,32H,8,10,16,22-23H2,(H,34,35)(H,36,41)(H,37,38)(H,39,40);(H,6,7)/t28?,32-;/m1./s1. The molecule has 3 aromatic carbocycles. The van der Waals surface area contributed by atoms with Crippen molar-refractivity contribution in [1.82, 2.24) is 15.6 Å². The van der Waals surface area contributed by atoms with Gasteiger partial charge >= 0.3 is 18.1 Å². The molecule has 10 nitrogen and oxygen atoms in total. The number of anilines is 1. The molecular weight excluding hydrogens is 629 g/mol. The van der Waals surface area contributed by atoms with E-state index in [4.69, 9.17) is 9.90 Å². The molecule has 0 saturated heterocycles. The van der Waals surface area contributed by atoms with Crippen LogP contribution in [0.3, 0.4) is 0 Å². The molecule has 1 heterocycles. The van der Waals surface area contributed by atoms with Gasteiger partial charge in [0.15, 0.2) is 0 Å². The van der Waals surface area contributed by atoms with Gasteiger partial charge < -0.3 is 26.2 Å². The van der Waals surface area contributed by atoms with Gasteiger partial charge in [0.2, 0.25) is 11.8 Å². The Morgan fingerprint density at radius 2 is 1.29 bits per heavy atom. The van der Waals surface area contributed by atoms with Gasteiger partial charge in [-0.3, -0.25) is 14.4 Å². The SMILES string of the molecule is O=C(O)C(F)(F)F.O=C(O)CC(NC(=O)[C@H](NC(=O)CCCCNc1ccccn1)c1ccccc1)c1ccc(-c2ccccc2)cc1. The summed E-state index contributed by atoms with van der Waals surface area (Å²) in [5.41, 5.74) is 3.30. The lowest BCUT2D eigenvalue weighted by atomic mass is 9.98. The molecule has 5 N–H and O–H groups in total. The van der Waals surface area contributed by atoms with Crippen LogP contribution >= 0.6 is 0 Å². The number of carboxylic acid groups (broad SMARTS) is 2. The summed E-state index contributed by atoms with van der Waals surface area (Å²) in [7, 11) is 0. The topological polar surface area (TPSA) is 158 Å². The fraction of sp³-hybridized carbons (Fsp3) is 0.229. The number of nitrogens with zero attached hydrogens (tertiary/aromatic N) is 1. The number of aliphatic carboxylic acids is 2. The van der Waals surface area contributed by atoms with Crippen molar-refractivity contribution in [3.63, 3.8) is 0 Å². The molecule has 0 aliphatic carbocycles. The first-order valence-corrected chi connectivity index (χ1v) is 14.9. The van der Waals surface area contributed by atoms with E-state index in [0.717, 1.165) is 23.4 Å². The van der Waals surface area contributed by atoms with Crippen molar-refractivity contribution in [2.45, 2.75) is 43.9 Å². The van der Waals surface area contributed by atoms with Crippen molar-refractivity contribution in [2.24, 2.45) is 0 Å². The fourth-order valence-corrected chi connectivity index (χ4v) is 4.49. The number of alkyl halides is 3. The number of pyridine rings is 1. The van der Waals surface area contributed by atoms with Gasteiger partial charge in [0.1, 0.15) is 11.9 Å². The third-order valence-electron chi connectivity index (χ3n) is 6.86. The number of halogens is 3. The second kappa shape index (κ2) is 18.4. The lowest BCUT2D eigenvalue weighted by Crippen LogP contribution is -2.42. The molecule has 2 amide bonds. The Morgan fingerprint density at radius 1 is 0.708 bits per heavy atom. The second-order valence-electron chi connectivity index (χ2n) is 10.5. The van der Waals surface area contributed by atoms with Crippen LogP contribution in [0.2, 0.25) is 0 Å². The maximum atomic E-state index is 13.5. The number of hydrogen-bond acceptors (Lipinski definition) is 6. The van der Waals surface area contributed by atoms with Gasteiger partial charge in [-0.2, -0.15) is 13.2 Å². The first kappa shape index (κ1) is 36.7. The lowest BCUT2D eigenvalue weighted by Gasteiger charge is -2.23. The summed E-state index contributed by atoms with van der Waals surface area (Å²) in [6, 6.07) is 30.1. The van der Waals surface area contributed by atoms with Crippen LogP contribution in [-0.4, -0.2) is 51.7 Å². The largest absolute Gasteiger partial charge is 0.490 e. The van der Waals surface area contributed by atoms with E-state index in [1.165, 1.54) is 0 Å². The summed E-state index contributed by atoms with van der Waals surface area (Å²) >= 11 is 0. The minimum Gasteiger partial charge on any atom is -0.481 e. The number of carboxylic acids is 2. The number of benzene rings is 3. The van der Waals surface area contributed by atoms with Gasteiger partial charge in [0.25, 0.3) is 0 Å². The zero-order valence-corrected chi connectivity index (χ0v) is 25.7. The van der Waals surface area contributed by atoms with E-state index in [9.17, 15) is 32.7 Å². The highest BCUT2D eigenvalue weighted by Gasteiger charge is 2.38. The number of rotatable bonds is 14. The van der Waals surface area contributed by atoms with E-state index in [2.05, 4.69) is 20.9 Å². The molecule has 48 heavy (non-hydrogen) atoms. The van der Waals surface area contributed by atoms with Gasteiger partial charge in [0.05, 0.1) is 12.5 Å². The number of nitrogens with one attached hydrogen (secondary N) is 3. The highest BCUT2D eigenvalue weighted by molar-refractivity contribution is 5.89. The van der Waals surface area contributed by atoms with Crippen LogP contribution in [0, 0.1) is 0 Å². The Morgan fingerprint density at radius 3 is 1.85 bits per heavy atom. The summed E-state index contributed by atoms with van der Waals surface area (Å²) < 4.78 is 31.7. The summed E-state index contributed by atoms with van der Waals surface area (Å²) in [6.45, 7) is 0.673. The third kappa shape index (κ3) is 12.6. The Kier molecular flexibility index (Phi) is 14.1. The van der Waals surface area contributed by atoms with Crippen molar-refractivity contribution in [1.29, 1.82) is 0 Å². The second-order valence-corrected chi connectivity index (χ2v) is 10.5.